The Bertz CT molecular complexity index is 475. The number of benzene rings is 1. The van der Waals surface area contributed by atoms with Gasteiger partial charge in [-0.05, 0) is 36.6 Å². The van der Waals surface area contributed by atoms with Crippen molar-refractivity contribution in [3.63, 3.8) is 0 Å². The van der Waals surface area contributed by atoms with E-state index in [9.17, 15) is 4.79 Å². The fourth-order valence-corrected chi connectivity index (χ4v) is 2.10. The topological polar surface area (TPSA) is 58.4 Å². The van der Waals surface area contributed by atoms with E-state index in [0.29, 0.717) is 16.3 Å². The van der Waals surface area contributed by atoms with Gasteiger partial charge in [0.05, 0.1) is 0 Å². The summed E-state index contributed by atoms with van der Waals surface area (Å²) in [6.45, 7) is 1.79. The molecular weight excluding hydrogens is 246 g/mol. The first-order valence-corrected chi connectivity index (χ1v) is 5.82. The molecule has 1 aliphatic rings. The maximum Gasteiger partial charge on any atom is 0.273 e. The van der Waals surface area contributed by atoms with Crippen LogP contribution in [0.25, 0.3) is 0 Å². The lowest BCUT2D eigenvalue weighted by molar-refractivity contribution is 0.0805. The monoisotopic (exact) mass is 255 g/mol. The Morgan fingerprint density at radius 2 is 2.31 bits per heavy atom. The molecule has 0 saturated heterocycles. The molecular formula is C10H10ClN3OS. The van der Waals surface area contributed by atoms with Crippen LogP contribution in [-0.2, 0) is 0 Å². The lowest BCUT2D eigenvalue weighted by Crippen LogP contribution is -2.31. The van der Waals surface area contributed by atoms with Gasteiger partial charge in [0.15, 0.2) is 0 Å². The summed E-state index contributed by atoms with van der Waals surface area (Å²) in [6.07, 6.45) is 1.66. The lowest BCUT2D eigenvalue weighted by atomic mass is 10.1. The molecule has 1 aliphatic heterocycles. The van der Waals surface area contributed by atoms with Crippen molar-refractivity contribution in [3.05, 3.63) is 39.9 Å². The second-order valence-electron chi connectivity index (χ2n) is 3.34. The Hall–Kier alpha value is -1.17. The standard InChI is InChI=1S/C10H10ClN3OS/c1-6-8(4-7(12)5-9(6)11)10(15)14-2-3-16-13-14/h2-5,13H,12H2,1H3. The molecule has 84 valence electrons. The molecule has 1 aromatic carbocycles. The molecule has 0 atom stereocenters. The van der Waals surface area contributed by atoms with E-state index in [1.54, 1.807) is 30.7 Å². The zero-order chi connectivity index (χ0) is 11.7. The molecule has 0 aliphatic carbocycles. The molecule has 16 heavy (non-hydrogen) atoms. The largest absolute Gasteiger partial charge is 0.399 e. The van der Waals surface area contributed by atoms with Gasteiger partial charge in [-0.2, -0.15) is 4.83 Å². The van der Waals surface area contributed by atoms with E-state index < -0.39 is 0 Å². The average molecular weight is 256 g/mol. The normalized spacial score (nSPS) is 14.5. The number of carbonyl (C=O) groups excluding carboxylic acids is 1. The van der Waals surface area contributed by atoms with E-state index in [2.05, 4.69) is 4.83 Å². The maximum absolute atomic E-state index is 12.1. The van der Waals surface area contributed by atoms with E-state index in [-0.39, 0.29) is 5.91 Å². The Kier molecular flexibility index (Phi) is 3.09. The SMILES string of the molecule is Cc1c(Cl)cc(N)cc1C(=O)N1C=CSN1. The van der Waals surface area contributed by atoms with Crippen molar-refractivity contribution in [2.45, 2.75) is 6.92 Å². The van der Waals surface area contributed by atoms with Gasteiger partial charge >= 0.3 is 0 Å². The maximum atomic E-state index is 12.1. The minimum atomic E-state index is -0.173. The summed E-state index contributed by atoms with van der Waals surface area (Å²) in [6, 6.07) is 3.26. The van der Waals surface area contributed by atoms with Gasteiger partial charge in [0.2, 0.25) is 0 Å². The molecule has 0 spiro atoms. The molecule has 4 nitrogen and oxygen atoms in total. The summed E-state index contributed by atoms with van der Waals surface area (Å²) >= 11 is 7.31. The predicted octanol–water partition coefficient (Wildman–Crippen LogP) is 2.31. The quantitative estimate of drug-likeness (QED) is 0.597. The summed E-state index contributed by atoms with van der Waals surface area (Å²) in [5.74, 6) is -0.173. The van der Waals surface area contributed by atoms with Crippen LogP contribution in [0, 0.1) is 6.92 Å². The van der Waals surface area contributed by atoms with E-state index in [1.165, 1.54) is 17.0 Å². The number of nitrogens with one attached hydrogen (secondary N) is 1. The summed E-state index contributed by atoms with van der Waals surface area (Å²) in [7, 11) is 0. The zero-order valence-corrected chi connectivity index (χ0v) is 10.1. The van der Waals surface area contributed by atoms with E-state index in [4.69, 9.17) is 17.3 Å². The lowest BCUT2D eigenvalue weighted by Gasteiger charge is -2.15. The van der Waals surface area contributed by atoms with Crippen LogP contribution in [0.4, 0.5) is 5.69 Å². The number of amides is 1. The average Bonchev–Trinajstić information content (AvgIpc) is 2.75. The summed E-state index contributed by atoms with van der Waals surface area (Å²) < 4.78 is 0. The van der Waals surface area contributed by atoms with Crippen LogP contribution >= 0.6 is 23.5 Å². The number of nitrogens with zero attached hydrogens (tertiary/aromatic N) is 1. The van der Waals surface area contributed by atoms with Gasteiger partial charge in [0.25, 0.3) is 5.91 Å². The molecule has 0 unspecified atom stereocenters. The summed E-state index contributed by atoms with van der Waals surface area (Å²) in [5, 5.41) is 3.67. The zero-order valence-electron chi connectivity index (χ0n) is 8.53. The molecule has 0 saturated carbocycles. The highest BCUT2D eigenvalue weighted by atomic mass is 35.5. The fraction of sp³-hybridized carbons (Fsp3) is 0.100. The Balaban J connectivity index is 2.39. The van der Waals surface area contributed by atoms with E-state index >= 15 is 0 Å². The first-order chi connectivity index (χ1) is 7.59. The number of hydrogen-bond donors (Lipinski definition) is 2. The molecule has 2 rings (SSSR count). The van der Waals surface area contributed by atoms with Crippen LogP contribution in [0.15, 0.2) is 23.7 Å². The van der Waals surface area contributed by atoms with Gasteiger partial charge in [0.1, 0.15) is 0 Å². The van der Waals surface area contributed by atoms with Gasteiger partial charge < -0.3 is 5.73 Å². The van der Waals surface area contributed by atoms with Gasteiger partial charge in [-0.3, -0.25) is 4.79 Å². The third-order valence-corrected chi connectivity index (χ3v) is 3.20. The van der Waals surface area contributed by atoms with Crippen molar-refractivity contribution in [2.75, 3.05) is 5.73 Å². The minimum absolute atomic E-state index is 0.173. The molecule has 1 aromatic rings. The van der Waals surface area contributed by atoms with Gasteiger partial charge in [0, 0.05) is 27.9 Å². The van der Waals surface area contributed by atoms with E-state index in [1.807, 2.05) is 0 Å². The third-order valence-electron chi connectivity index (χ3n) is 2.24. The fourth-order valence-electron chi connectivity index (χ4n) is 1.37. The van der Waals surface area contributed by atoms with Gasteiger partial charge in [-0.25, -0.2) is 5.01 Å². The van der Waals surface area contributed by atoms with Gasteiger partial charge in [-0.1, -0.05) is 11.6 Å². The molecule has 0 radical (unpaired) electrons. The number of hydrogen-bond acceptors (Lipinski definition) is 4. The molecule has 6 heteroatoms. The van der Waals surface area contributed by atoms with Crippen molar-refractivity contribution in [1.82, 2.24) is 9.84 Å². The molecule has 0 fully saturated rings. The highest BCUT2D eigenvalue weighted by Gasteiger charge is 2.19. The number of carbonyl (C=O) groups is 1. The highest BCUT2D eigenvalue weighted by Crippen LogP contribution is 2.25. The van der Waals surface area contributed by atoms with Crippen molar-refractivity contribution in [1.29, 1.82) is 0 Å². The third kappa shape index (κ3) is 2.02. The minimum Gasteiger partial charge on any atom is -0.399 e. The first-order valence-electron chi connectivity index (χ1n) is 4.57. The first kappa shape index (κ1) is 11.3. The van der Waals surface area contributed by atoms with Crippen molar-refractivity contribution in [3.8, 4) is 0 Å². The van der Waals surface area contributed by atoms with Crippen molar-refractivity contribution >= 4 is 35.1 Å². The van der Waals surface area contributed by atoms with Crippen LogP contribution in [0.3, 0.4) is 0 Å². The number of rotatable bonds is 1. The molecule has 1 amide bonds. The summed E-state index contributed by atoms with van der Waals surface area (Å²) in [4.78, 5) is 14.9. The Morgan fingerprint density at radius 3 is 2.94 bits per heavy atom. The van der Waals surface area contributed by atoms with E-state index in [0.717, 1.165) is 5.56 Å². The summed E-state index contributed by atoms with van der Waals surface area (Å²) in [5.41, 5.74) is 7.38. The second-order valence-corrected chi connectivity index (χ2v) is 4.44. The molecule has 0 aromatic heterocycles. The molecule has 1 heterocycles. The smallest absolute Gasteiger partial charge is 0.273 e. The number of halogens is 1. The highest BCUT2D eigenvalue weighted by molar-refractivity contribution is 8.00. The second kappa shape index (κ2) is 4.37. The van der Waals surface area contributed by atoms with Crippen LogP contribution < -0.4 is 10.6 Å². The van der Waals surface area contributed by atoms with Crippen LogP contribution in [0.5, 0.6) is 0 Å². The number of hydrazine groups is 1. The van der Waals surface area contributed by atoms with Crippen molar-refractivity contribution in [2.24, 2.45) is 0 Å². The number of nitrogen functional groups attached to an aromatic ring is 1. The Labute approximate surface area is 103 Å². The van der Waals surface area contributed by atoms with Crippen LogP contribution in [0.2, 0.25) is 5.02 Å². The van der Waals surface area contributed by atoms with Crippen LogP contribution in [0.1, 0.15) is 15.9 Å². The van der Waals surface area contributed by atoms with Crippen LogP contribution in [-0.4, -0.2) is 10.9 Å². The molecule has 3 N–H and O–H groups in total. The number of nitrogens with two attached hydrogens (primary N) is 1. The van der Waals surface area contributed by atoms with Crippen molar-refractivity contribution < 1.29 is 4.79 Å². The predicted molar refractivity (Wildman–Crippen MR) is 66.6 cm³/mol. The number of anilines is 1. The van der Waals surface area contributed by atoms with Gasteiger partial charge in [-0.15, -0.1) is 0 Å². The molecule has 0 bridgehead atoms. The Morgan fingerprint density at radius 1 is 1.56 bits per heavy atom.